The lowest BCUT2D eigenvalue weighted by atomic mass is 10.2. The predicted molar refractivity (Wildman–Crippen MR) is 76.4 cm³/mol. The Kier molecular flexibility index (Phi) is 5.33. The van der Waals surface area contributed by atoms with Crippen LogP contribution < -0.4 is 5.73 Å². The molecule has 2 aliphatic rings. The van der Waals surface area contributed by atoms with Crippen LogP contribution in [0.4, 0.5) is 0 Å². The molecule has 1 aliphatic heterocycles. The third-order valence-corrected chi connectivity index (χ3v) is 4.09. The van der Waals surface area contributed by atoms with Crippen molar-refractivity contribution < 1.29 is 9.66 Å². The normalized spacial score (nSPS) is 29.6. The lowest BCUT2D eigenvalue weighted by Crippen LogP contribution is -2.42. The van der Waals surface area contributed by atoms with Crippen molar-refractivity contribution in [2.24, 2.45) is 10.7 Å². The number of nitrogens with zero attached hydrogens (tertiary/aromatic N) is 3. The van der Waals surface area contributed by atoms with Gasteiger partial charge in [-0.25, -0.2) is 0 Å². The number of nitro groups is 1. The quantitative estimate of drug-likeness (QED) is 0.474. The van der Waals surface area contributed by atoms with E-state index in [-0.39, 0.29) is 16.9 Å². The Hall–Kier alpha value is -1.18. The van der Waals surface area contributed by atoms with E-state index in [9.17, 15) is 10.1 Å². The number of halogens is 1. The largest absolute Gasteiger partial charge is 0.399 e. The second-order valence-corrected chi connectivity index (χ2v) is 5.36. The summed E-state index contributed by atoms with van der Waals surface area (Å²) in [5.41, 5.74) is 4.87. The minimum atomic E-state index is -0.611. The third-order valence-electron chi connectivity index (χ3n) is 3.80. The van der Waals surface area contributed by atoms with Crippen molar-refractivity contribution in [3.8, 4) is 0 Å². The summed E-state index contributed by atoms with van der Waals surface area (Å²) >= 11 is 5.88. The lowest BCUT2D eigenvalue weighted by Gasteiger charge is -2.32. The number of nitrogens with two attached hydrogens (primary N) is 1. The summed E-state index contributed by atoms with van der Waals surface area (Å²) < 4.78 is 5.34. The highest BCUT2D eigenvalue weighted by atomic mass is 35.5. The van der Waals surface area contributed by atoms with Gasteiger partial charge in [0, 0.05) is 19.1 Å². The minimum absolute atomic E-state index is 0.0326. The predicted octanol–water partition coefficient (Wildman–Crippen LogP) is 0.954. The van der Waals surface area contributed by atoms with Crippen LogP contribution in [-0.2, 0) is 4.74 Å². The van der Waals surface area contributed by atoms with Crippen LogP contribution in [0.2, 0.25) is 0 Å². The van der Waals surface area contributed by atoms with E-state index in [1.165, 1.54) is 0 Å². The van der Waals surface area contributed by atoms with Crippen molar-refractivity contribution in [1.29, 1.82) is 0 Å². The van der Waals surface area contributed by atoms with Gasteiger partial charge in [-0.15, -0.1) is 0 Å². The van der Waals surface area contributed by atoms with Gasteiger partial charge in [0.1, 0.15) is 0 Å². The van der Waals surface area contributed by atoms with Gasteiger partial charge in [0.15, 0.2) is 0 Å². The molecule has 1 saturated carbocycles. The molecule has 2 fully saturated rings. The van der Waals surface area contributed by atoms with Gasteiger partial charge in [0.2, 0.25) is 5.17 Å². The summed E-state index contributed by atoms with van der Waals surface area (Å²) in [5, 5.41) is 10.6. The average Bonchev–Trinajstić information content (AvgIpc) is 2.88. The number of allylic oxidation sites excluding steroid dienone is 1. The van der Waals surface area contributed by atoms with Crippen molar-refractivity contribution >= 4 is 16.8 Å². The molecule has 0 bridgehead atoms. The highest BCUT2D eigenvalue weighted by Crippen LogP contribution is 2.28. The van der Waals surface area contributed by atoms with Crippen LogP contribution in [0.25, 0.3) is 0 Å². The molecule has 7 nitrogen and oxygen atoms in total. The summed E-state index contributed by atoms with van der Waals surface area (Å²) in [6.45, 7) is 3.43. The fraction of sp³-hybridized carbons (Fsp3) is 0.750. The van der Waals surface area contributed by atoms with Gasteiger partial charge in [-0.1, -0.05) is 11.6 Å². The summed E-state index contributed by atoms with van der Waals surface area (Å²) in [4.78, 5) is 16.8. The van der Waals surface area contributed by atoms with Crippen LogP contribution in [0.5, 0.6) is 0 Å². The first-order valence-electron chi connectivity index (χ1n) is 6.73. The zero-order valence-corrected chi connectivity index (χ0v) is 12.0. The van der Waals surface area contributed by atoms with E-state index in [0.717, 1.165) is 51.8 Å². The Morgan fingerprint density at radius 2 is 2.15 bits per heavy atom. The fourth-order valence-corrected chi connectivity index (χ4v) is 3.03. The van der Waals surface area contributed by atoms with Gasteiger partial charge in [0.25, 0.3) is 0 Å². The van der Waals surface area contributed by atoms with Gasteiger partial charge in [0.05, 0.1) is 30.4 Å². The van der Waals surface area contributed by atoms with E-state index in [0.29, 0.717) is 6.04 Å². The Labute approximate surface area is 122 Å². The second kappa shape index (κ2) is 7.01. The fourth-order valence-electron chi connectivity index (χ4n) is 2.76. The molecule has 20 heavy (non-hydrogen) atoms. The molecule has 1 saturated heterocycles. The number of morpholine rings is 1. The van der Waals surface area contributed by atoms with Gasteiger partial charge in [-0.3, -0.25) is 20.0 Å². The van der Waals surface area contributed by atoms with Gasteiger partial charge in [-0.05, 0) is 19.3 Å². The highest BCUT2D eigenvalue weighted by molar-refractivity contribution is 6.69. The maximum absolute atomic E-state index is 10.7. The second-order valence-electron chi connectivity index (χ2n) is 5.00. The number of hydrogen-bond donors (Lipinski definition) is 1. The molecule has 0 radical (unpaired) electrons. The Bertz CT molecular complexity index is 421. The van der Waals surface area contributed by atoms with Crippen molar-refractivity contribution in [1.82, 2.24) is 4.90 Å². The SMILES string of the molecule is NC=C(C(Cl)=NC1CCC(N2CCOCC2)C1)[N+](=O)[O-]. The topological polar surface area (TPSA) is 94.0 Å². The van der Waals surface area contributed by atoms with Crippen LogP contribution in [0, 0.1) is 10.1 Å². The van der Waals surface area contributed by atoms with Gasteiger partial charge >= 0.3 is 5.70 Å². The van der Waals surface area contributed by atoms with E-state index in [4.69, 9.17) is 22.1 Å². The van der Waals surface area contributed by atoms with Crippen LogP contribution >= 0.6 is 11.6 Å². The summed E-state index contributed by atoms with van der Waals surface area (Å²) in [5.74, 6) is 0. The number of aliphatic imine (C=N–C) groups is 1. The standard InChI is InChI=1S/C12H19ClN4O3/c13-12(11(8-14)17(18)19)15-9-1-2-10(7-9)16-3-5-20-6-4-16/h8-10H,1-7,14H2. The first-order valence-corrected chi connectivity index (χ1v) is 7.11. The molecule has 0 amide bonds. The molecule has 1 aliphatic carbocycles. The van der Waals surface area contributed by atoms with Crippen LogP contribution in [0.15, 0.2) is 16.9 Å². The highest BCUT2D eigenvalue weighted by Gasteiger charge is 2.31. The maximum atomic E-state index is 10.7. The number of ether oxygens (including phenoxy) is 1. The molecule has 1 heterocycles. The van der Waals surface area contributed by atoms with Crippen molar-refractivity contribution in [2.75, 3.05) is 26.3 Å². The number of hydrogen-bond acceptors (Lipinski definition) is 6. The number of rotatable bonds is 4. The lowest BCUT2D eigenvalue weighted by molar-refractivity contribution is -0.414. The molecule has 0 aromatic heterocycles. The smallest absolute Gasteiger partial charge is 0.321 e. The molecular formula is C12H19ClN4O3. The van der Waals surface area contributed by atoms with Gasteiger partial charge in [-0.2, -0.15) is 0 Å². The maximum Gasteiger partial charge on any atom is 0.321 e. The molecule has 0 spiro atoms. The molecule has 0 aromatic carbocycles. The molecule has 8 heteroatoms. The van der Waals surface area contributed by atoms with E-state index in [2.05, 4.69) is 9.89 Å². The van der Waals surface area contributed by atoms with E-state index in [1.54, 1.807) is 0 Å². The van der Waals surface area contributed by atoms with Crippen LogP contribution in [0.3, 0.4) is 0 Å². The Balaban J connectivity index is 1.93. The Morgan fingerprint density at radius 1 is 1.45 bits per heavy atom. The van der Waals surface area contributed by atoms with Crippen molar-refractivity contribution in [3.63, 3.8) is 0 Å². The van der Waals surface area contributed by atoms with E-state index in [1.807, 2.05) is 0 Å². The van der Waals surface area contributed by atoms with E-state index >= 15 is 0 Å². The van der Waals surface area contributed by atoms with Crippen molar-refractivity contribution in [3.05, 3.63) is 22.0 Å². The molecule has 2 atom stereocenters. The zero-order valence-electron chi connectivity index (χ0n) is 11.2. The van der Waals surface area contributed by atoms with Crippen LogP contribution in [-0.4, -0.2) is 53.4 Å². The molecule has 2 N–H and O–H groups in total. The molecule has 2 rings (SSSR count). The molecular weight excluding hydrogens is 284 g/mol. The molecule has 2 unspecified atom stereocenters. The van der Waals surface area contributed by atoms with E-state index < -0.39 is 4.92 Å². The first-order chi connectivity index (χ1) is 9.61. The third kappa shape index (κ3) is 3.68. The summed E-state index contributed by atoms with van der Waals surface area (Å²) in [6, 6.07) is 0.503. The van der Waals surface area contributed by atoms with Gasteiger partial charge < -0.3 is 10.5 Å². The summed E-state index contributed by atoms with van der Waals surface area (Å²) in [7, 11) is 0. The zero-order chi connectivity index (χ0) is 14.5. The monoisotopic (exact) mass is 302 g/mol. The van der Waals surface area contributed by atoms with Crippen LogP contribution in [0.1, 0.15) is 19.3 Å². The molecule has 112 valence electrons. The average molecular weight is 303 g/mol. The van der Waals surface area contributed by atoms with Crippen molar-refractivity contribution in [2.45, 2.75) is 31.3 Å². The minimum Gasteiger partial charge on any atom is -0.399 e. The molecule has 0 aromatic rings. The Morgan fingerprint density at radius 3 is 2.75 bits per heavy atom. The summed E-state index contributed by atoms with van der Waals surface area (Å²) in [6.07, 6.45) is 3.71. The first kappa shape index (κ1) is 15.2.